The van der Waals surface area contributed by atoms with Gasteiger partial charge >= 0.3 is 0 Å². The molecule has 0 aliphatic heterocycles. The number of hydrogen-bond donors (Lipinski definition) is 1. The molecule has 0 spiro atoms. The molecule has 0 heterocycles. The Labute approximate surface area is 101 Å². The van der Waals surface area contributed by atoms with Crippen LogP contribution in [0.15, 0.2) is 35.2 Å². The summed E-state index contributed by atoms with van der Waals surface area (Å²) in [7, 11) is 0.180. The van der Waals surface area contributed by atoms with E-state index < -0.39 is 0 Å². The summed E-state index contributed by atoms with van der Waals surface area (Å²) in [5, 5.41) is 10.5. The fraction of sp³-hybridized carbons (Fsp3) is 0.571. The van der Waals surface area contributed by atoms with Gasteiger partial charge in [0.15, 0.2) is 4.90 Å². The molecule has 0 radical (unpaired) electrons. The Morgan fingerprint density at radius 3 is 2.38 bits per heavy atom. The van der Waals surface area contributed by atoms with Gasteiger partial charge in [-0.3, -0.25) is 0 Å². The summed E-state index contributed by atoms with van der Waals surface area (Å²) in [5.74, 6) is 0.941. The van der Waals surface area contributed by atoms with Crippen LogP contribution in [0, 0.1) is 0 Å². The topological polar surface area (TPSA) is 20.2 Å². The standard InChI is InChI=1S/C14H21OS/c1-16(13-8-4-2-5-9-13)12-14(15)10-6-3-7-11-14/h2,4-5,8-9,15H,3,6-7,10-12H2,1H3/q+1. The Balaban J connectivity index is 1.98. The molecule has 2 rings (SSSR count). The van der Waals surface area contributed by atoms with Crippen molar-refractivity contribution in [2.24, 2.45) is 0 Å². The van der Waals surface area contributed by atoms with Crippen LogP contribution >= 0.6 is 0 Å². The molecule has 1 atom stereocenters. The molecule has 0 saturated heterocycles. The van der Waals surface area contributed by atoms with Gasteiger partial charge in [0.1, 0.15) is 17.6 Å². The third-order valence-corrected chi connectivity index (χ3v) is 5.46. The van der Waals surface area contributed by atoms with Crippen molar-refractivity contribution in [1.82, 2.24) is 0 Å². The minimum atomic E-state index is -0.383. The Morgan fingerprint density at radius 1 is 1.12 bits per heavy atom. The molecular weight excluding hydrogens is 216 g/mol. The molecule has 1 saturated carbocycles. The molecule has 1 aromatic rings. The van der Waals surface area contributed by atoms with E-state index in [4.69, 9.17) is 0 Å². The zero-order valence-electron chi connectivity index (χ0n) is 9.98. The monoisotopic (exact) mass is 237 g/mol. The van der Waals surface area contributed by atoms with E-state index in [1.165, 1.54) is 24.2 Å². The summed E-state index contributed by atoms with van der Waals surface area (Å²) in [5.41, 5.74) is -0.383. The van der Waals surface area contributed by atoms with Crippen molar-refractivity contribution in [3.05, 3.63) is 30.3 Å². The van der Waals surface area contributed by atoms with E-state index in [2.05, 4.69) is 36.6 Å². The van der Waals surface area contributed by atoms with E-state index in [9.17, 15) is 5.11 Å². The van der Waals surface area contributed by atoms with E-state index in [1.807, 2.05) is 0 Å². The van der Waals surface area contributed by atoms with Gasteiger partial charge in [-0.25, -0.2) is 0 Å². The quantitative estimate of drug-likeness (QED) is 0.801. The summed E-state index contributed by atoms with van der Waals surface area (Å²) in [4.78, 5) is 1.38. The molecule has 1 aliphatic rings. The van der Waals surface area contributed by atoms with E-state index in [0.717, 1.165) is 18.6 Å². The van der Waals surface area contributed by atoms with Crippen molar-refractivity contribution in [3.63, 3.8) is 0 Å². The molecular formula is C14H21OS+. The van der Waals surface area contributed by atoms with Gasteiger partial charge in [0, 0.05) is 10.9 Å². The fourth-order valence-corrected chi connectivity index (χ4v) is 4.38. The van der Waals surface area contributed by atoms with Crippen LogP contribution in [-0.2, 0) is 10.9 Å². The summed E-state index contributed by atoms with van der Waals surface area (Å²) >= 11 is 0. The zero-order valence-corrected chi connectivity index (χ0v) is 10.8. The van der Waals surface area contributed by atoms with E-state index in [1.54, 1.807) is 0 Å². The second-order valence-electron chi connectivity index (χ2n) is 4.88. The highest BCUT2D eigenvalue weighted by atomic mass is 32.2. The lowest BCUT2D eigenvalue weighted by Crippen LogP contribution is -2.38. The summed E-state index contributed by atoms with van der Waals surface area (Å²) in [6, 6.07) is 10.6. The maximum atomic E-state index is 10.5. The molecule has 1 N–H and O–H groups in total. The predicted molar refractivity (Wildman–Crippen MR) is 70.9 cm³/mol. The van der Waals surface area contributed by atoms with Crippen LogP contribution in [0.3, 0.4) is 0 Å². The Hall–Kier alpha value is -0.470. The first-order valence-electron chi connectivity index (χ1n) is 6.10. The molecule has 1 unspecified atom stereocenters. The minimum Gasteiger partial charge on any atom is -0.385 e. The average molecular weight is 237 g/mol. The number of rotatable bonds is 3. The van der Waals surface area contributed by atoms with Crippen molar-refractivity contribution in [2.45, 2.75) is 42.6 Å². The van der Waals surface area contributed by atoms with Crippen LogP contribution in [-0.4, -0.2) is 22.7 Å². The average Bonchev–Trinajstić information content (AvgIpc) is 2.30. The summed E-state index contributed by atoms with van der Waals surface area (Å²) < 4.78 is 0. The van der Waals surface area contributed by atoms with Gasteiger partial charge in [-0.2, -0.15) is 0 Å². The van der Waals surface area contributed by atoms with Crippen LogP contribution in [0.25, 0.3) is 0 Å². The van der Waals surface area contributed by atoms with Crippen LogP contribution in [0.2, 0.25) is 0 Å². The maximum absolute atomic E-state index is 10.5. The molecule has 16 heavy (non-hydrogen) atoms. The summed E-state index contributed by atoms with van der Waals surface area (Å²) in [6.07, 6.45) is 7.94. The van der Waals surface area contributed by atoms with E-state index in [0.29, 0.717) is 0 Å². The number of aliphatic hydroxyl groups is 1. The van der Waals surface area contributed by atoms with Gasteiger partial charge in [-0.05, 0) is 25.0 Å². The van der Waals surface area contributed by atoms with Crippen molar-refractivity contribution >= 4 is 10.9 Å². The molecule has 2 heteroatoms. The molecule has 88 valence electrons. The van der Waals surface area contributed by atoms with Gasteiger partial charge in [-0.15, -0.1) is 0 Å². The van der Waals surface area contributed by atoms with Crippen molar-refractivity contribution < 1.29 is 5.11 Å². The molecule has 1 aliphatic carbocycles. The highest BCUT2D eigenvalue weighted by Gasteiger charge is 2.36. The van der Waals surface area contributed by atoms with Gasteiger partial charge in [0.05, 0.1) is 0 Å². The second-order valence-corrected chi connectivity index (χ2v) is 6.91. The highest BCUT2D eigenvalue weighted by Crippen LogP contribution is 2.30. The first kappa shape index (κ1) is 12.0. The van der Waals surface area contributed by atoms with Gasteiger partial charge in [0.2, 0.25) is 0 Å². The molecule has 0 aromatic heterocycles. The third kappa shape index (κ3) is 3.02. The predicted octanol–water partition coefficient (Wildman–Crippen LogP) is 2.99. The normalized spacial score (nSPS) is 21.6. The summed E-state index contributed by atoms with van der Waals surface area (Å²) in [6.45, 7) is 0. The molecule has 0 bridgehead atoms. The minimum absolute atomic E-state index is 0.180. The Kier molecular flexibility index (Phi) is 3.93. The zero-order chi connectivity index (χ0) is 11.4. The highest BCUT2D eigenvalue weighted by molar-refractivity contribution is 7.96. The lowest BCUT2D eigenvalue weighted by Gasteiger charge is -2.30. The van der Waals surface area contributed by atoms with E-state index in [-0.39, 0.29) is 16.5 Å². The van der Waals surface area contributed by atoms with Crippen LogP contribution in [0.4, 0.5) is 0 Å². The SMILES string of the molecule is C[S+](CC1(O)CCCCC1)c1ccccc1. The van der Waals surface area contributed by atoms with Crippen LogP contribution in [0.1, 0.15) is 32.1 Å². The van der Waals surface area contributed by atoms with Crippen molar-refractivity contribution in [3.8, 4) is 0 Å². The number of hydrogen-bond acceptors (Lipinski definition) is 1. The third-order valence-electron chi connectivity index (χ3n) is 3.42. The van der Waals surface area contributed by atoms with Crippen LogP contribution in [0.5, 0.6) is 0 Å². The lowest BCUT2D eigenvalue weighted by molar-refractivity contribution is 0.0267. The van der Waals surface area contributed by atoms with E-state index >= 15 is 0 Å². The molecule has 0 amide bonds. The smallest absolute Gasteiger partial charge is 0.154 e. The molecule has 1 nitrogen and oxygen atoms in total. The first-order chi connectivity index (χ1) is 7.70. The van der Waals surface area contributed by atoms with Gasteiger partial charge in [-0.1, -0.05) is 37.5 Å². The van der Waals surface area contributed by atoms with Gasteiger partial charge < -0.3 is 5.11 Å². The Bertz CT molecular complexity index is 317. The Morgan fingerprint density at radius 2 is 1.75 bits per heavy atom. The van der Waals surface area contributed by atoms with Gasteiger partial charge in [0.25, 0.3) is 0 Å². The lowest BCUT2D eigenvalue weighted by atomic mass is 9.86. The maximum Gasteiger partial charge on any atom is 0.154 e. The first-order valence-corrected chi connectivity index (χ1v) is 7.90. The van der Waals surface area contributed by atoms with Crippen molar-refractivity contribution in [1.29, 1.82) is 0 Å². The largest absolute Gasteiger partial charge is 0.385 e. The molecule has 1 fully saturated rings. The fourth-order valence-electron chi connectivity index (χ4n) is 2.49. The van der Waals surface area contributed by atoms with Crippen molar-refractivity contribution in [2.75, 3.05) is 12.0 Å². The second kappa shape index (κ2) is 5.24. The number of benzene rings is 1. The van der Waals surface area contributed by atoms with Crippen LogP contribution < -0.4 is 0 Å². The molecule has 1 aromatic carbocycles.